The quantitative estimate of drug-likeness (QED) is 0.488. The summed E-state index contributed by atoms with van der Waals surface area (Å²) in [6.45, 7) is 4.54. The summed E-state index contributed by atoms with van der Waals surface area (Å²) < 4.78 is 0. The second kappa shape index (κ2) is 11.7. The number of unbranched alkanes of at least 4 members (excludes halogenated alkanes) is 6. The highest BCUT2D eigenvalue weighted by Gasteiger charge is 2.08. The van der Waals surface area contributed by atoms with Crippen LogP contribution in [0.3, 0.4) is 0 Å². The normalized spacial score (nSPS) is 12.3. The Morgan fingerprint density at radius 2 is 1.55 bits per heavy atom. The number of aromatic nitrogens is 1. The van der Waals surface area contributed by atoms with Gasteiger partial charge in [0.2, 0.25) is 0 Å². The third-order valence-electron chi connectivity index (χ3n) is 3.83. The van der Waals surface area contributed by atoms with Crippen molar-refractivity contribution in [2.45, 2.75) is 84.1 Å². The number of hydrogen-bond donors (Lipinski definition) is 1. The van der Waals surface area contributed by atoms with Crippen molar-refractivity contribution in [3.05, 3.63) is 24.4 Å². The number of hydrogen-bond acceptors (Lipinski definition) is 2. The highest BCUT2D eigenvalue weighted by molar-refractivity contribution is 5.34. The van der Waals surface area contributed by atoms with Gasteiger partial charge in [0.25, 0.3) is 0 Å². The zero-order chi connectivity index (χ0) is 14.5. The molecule has 1 atom stereocenters. The first-order chi connectivity index (χ1) is 9.86. The molecule has 1 rings (SSSR count). The second-order valence-electron chi connectivity index (χ2n) is 5.75. The van der Waals surface area contributed by atoms with Crippen LogP contribution in [0.5, 0.6) is 0 Å². The first kappa shape index (κ1) is 17.0. The minimum absolute atomic E-state index is 0.595. The molecule has 20 heavy (non-hydrogen) atoms. The molecule has 0 aliphatic heterocycles. The van der Waals surface area contributed by atoms with Crippen molar-refractivity contribution in [2.24, 2.45) is 0 Å². The van der Waals surface area contributed by atoms with Gasteiger partial charge in [-0.3, -0.25) is 0 Å². The molecule has 0 spiro atoms. The maximum absolute atomic E-state index is 4.39. The monoisotopic (exact) mass is 276 g/mol. The summed E-state index contributed by atoms with van der Waals surface area (Å²) in [6, 6.07) is 6.70. The van der Waals surface area contributed by atoms with Gasteiger partial charge < -0.3 is 5.32 Å². The molecular weight excluding hydrogens is 244 g/mol. The van der Waals surface area contributed by atoms with E-state index in [9.17, 15) is 0 Å². The van der Waals surface area contributed by atoms with Crippen molar-refractivity contribution >= 4 is 5.82 Å². The van der Waals surface area contributed by atoms with E-state index in [0.717, 1.165) is 5.82 Å². The van der Waals surface area contributed by atoms with Gasteiger partial charge in [0.15, 0.2) is 0 Å². The molecule has 2 heteroatoms. The van der Waals surface area contributed by atoms with Crippen LogP contribution in [-0.4, -0.2) is 11.0 Å². The number of anilines is 1. The largest absolute Gasteiger partial charge is 0.367 e. The molecule has 0 radical (unpaired) electrons. The topological polar surface area (TPSA) is 24.9 Å². The summed E-state index contributed by atoms with van der Waals surface area (Å²) in [5, 5.41) is 3.62. The summed E-state index contributed by atoms with van der Waals surface area (Å²) in [6.07, 6.45) is 15.2. The Bertz CT molecular complexity index is 310. The third-order valence-corrected chi connectivity index (χ3v) is 3.83. The molecule has 0 aromatic carbocycles. The van der Waals surface area contributed by atoms with E-state index in [1.165, 1.54) is 64.2 Å². The Morgan fingerprint density at radius 3 is 2.20 bits per heavy atom. The molecule has 2 nitrogen and oxygen atoms in total. The molecule has 0 aliphatic rings. The summed E-state index contributed by atoms with van der Waals surface area (Å²) in [5.41, 5.74) is 0. The van der Waals surface area contributed by atoms with Crippen LogP contribution in [0.2, 0.25) is 0 Å². The lowest BCUT2D eigenvalue weighted by atomic mass is 10.0. The van der Waals surface area contributed by atoms with Crippen molar-refractivity contribution in [3.8, 4) is 0 Å². The minimum Gasteiger partial charge on any atom is -0.367 e. The van der Waals surface area contributed by atoms with Gasteiger partial charge in [-0.2, -0.15) is 0 Å². The zero-order valence-corrected chi connectivity index (χ0v) is 13.4. The predicted molar refractivity (Wildman–Crippen MR) is 89.2 cm³/mol. The number of pyridine rings is 1. The average Bonchev–Trinajstić information content (AvgIpc) is 2.48. The minimum atomic E-state index is 0.595. The van der Waals surface area contributed by atoms with Gasteiger partial charge in [0.1, 0.15) is 5.82 Å². The van der Waals surface area contributed by atoms with Gasteiger partial charge in [0, 0.05) is 12.2 Å². The van der Waals surface area contributed by atoms with Gasteiger partial charge in [0.05, 0.1) is 0 Å². The summed E-state index contributed by atoms with van der Waals surface area (Å²) in [7, 11) is 0. The predicted octanol–water partition coefficient (Wildman–Crippen LogP) is 5.80. The van der Waals surface area contributed by atoms with E-state index >= 15 is 0 Å². The summed E-state index contributed by atoms with van der Waals surface area (Å²) >= 11 is 0. The van der Waals surface area contributed by atoms with Crippen LogP contribution in [0.15, 0.2) is 24.4 Å². The van der Waals surface area contributed by atoms with Gasteiger partial charge >= 0.3 is 0 Å². The van der Waals surface area contributed by atoms with Gasteiger partial charge in [-0.25, -0.2) is 4.98 Å². The Hall–Kier alpha value is -1.05. The maximum Gasteiger partial charge on any atom is 0.126 e. The van der Waals surface area contributed by atoms with Crippen molar-refractivity contribution in [1.29, 1.82) is 0 Å². The smallest absolute Gasteiger partial charge is 0.126 e. The molecule has 0 bridgehead atoms. The van der Waals surface area contributed by atoms with E-state index in [2.05, 4.69) is 36.3 Å². The van der Waals surface area contributed by atoms with Crippen LogP contribution in [0.4, 0.5) is 5.82 Å². The third kappa shape index (κ3) is 8.19. The zero-order valence-electron chi connectivity index (χ0n) is 13.4. The molecule has 0 saturated heterocycles. The van der Waals surface area contributed by atoms with E-state index in [1.54, 1.807) is 0 Å². The van der Waals surface area contributed by atoms with Crippen molar-refractivity contribution in [3.63, 3.8) is 0 Å². The van der Waals surface area contributed by atoms with Crippen LogP contribution in [-0.2, 0) is 0 Å². The lowest BCUT2D eigenvalue weighted by Crippen LogP contribution is -2.20. The molecule has 0 aliphatic carbocycles. The molecular formula is C18H32N2. The lowest BCUT2D eigenvalue weighted by molar-refractivity contribution is 0.514. The number of nitrogens with zero attached hydrogens (tertiary/aromatic N) is 1. The maximum atomic E-state index is 4.39. The molecule has 1 N–H and O–H groups in total. The fourth-order valence-electron chi connectivity index (χ4n) is 2.58. The van der Waals surface area contributed by atoms with Crippen LogP contribution in [0, 0.1) is 0 Å². The summed E-state index contributed by atoms with van der Waals surface area (Å²) in [4.78, 5) is 4.39. The second-order valence-corrected chi connectivity index (χ2v) is 5.75. The fraction of sp³-hybridized carbons (Fsp3) is 0.722. The van der Waals surface area contributed by atoms with Crippen LogP contribution in [0.25, 0.3) is 0 Å². The van der Waals surface area contributed by atoms with E-state index in [1.807, 2.05) is 12.3 Å². The van der Waals surface area contributed by atoms with Crippen LogP contribution >= 0.6 is 0 Å². The van der Waals surface area contributed by atoms with Crippen molar-refractivity contribution in [2.75, 3.05) is 5.32 Å². The van der Waals surface area contributed by atoms with E-state index in [-0.39, 0.29) is 0 Å². The molecule has 1 aromatic heterocycles. The number of nitrogens with one attached hydrogen (secondary N) is 1. The molecule has 1 aromatic rings. The summed E-state index contributed by atoms with van der Waals surface area (Å²) in [5.74, 6) is 1.03. The van der Waals surface area contributed by atoms with Gasteiger partial charge in [-0.05, 0) is 25.0 Å². The molecule has 0 fully saturated rings. The van der Waals surface area contributed by atoms with E-state index < -0.39 is 0 Å². The Morgan fingerprint density at radius 1 is 0.900 bits per heavy atom. The van der Waals surface area contributed by atoms with E-state index in [0.29, 0.717) is 6.04 Å². The molecule has 0 saturated carbocycles. The number of rotatable bonds is 12. The molecule has 0 amide bonds. The SMILES string of the molecule is CCCCCCCC(CCCCC)Nc1ccccn1. The highest BCUT2D eigenvalue weighted by Crippen LogP contribution is 2.16. The first-order valence-corrected chi connectivity index (χ1v) is 8.54. The lowest BCUT2D eigenvalue weighted by Gasteiger charge is -2.19. The van der Waals surface area contributed by atoms with Crippen LogP contribution in [0.1, 0.15) is 78.1 Å². The molecule has 1 unspecified atom stereocenters. The molecule has 1 heterocycles. The average molecular weight is 276 g/mol. The fourth-order valence-corrected chi connectivity index (χ4v) is 2.58. The Balaban J connectivity index is 2.31. The van der Waals surface area contributed by atoms with Gasteiger partial charge in [-0.1, -0.05) is 71.3 Å². The molecule has 114 valence electrons. The Labute approximate surface area is 125 Å². The van der Waals surface area contributed by atoms with Crippen molar-refractivity contribution in [1.82, 2.24) is 4.98 Å². The van der Waals surface area contributed by atoms with Crippen molar-refractivity contribution < 1.29 is 0 Å². The van der Waals surface area contributed by atoms with E-state index in [4.69, 9.17) is 0 Å². The van der Waals surface area contributed by atoms with Gasteiger partial charge in [-0.15, -0.1) is 0 Å². The Kier molecular flexibility index (Phi) is 9.99. The highest BCUT2D eigenvalue weighted by atomic mass is 15.0. The first-order valence-electron chi connectivity index (χ1n) is 8.54. The standard InChI is InChI=1S/C18H32N2/c1-3-5-7-8-10-14-17(13-9-6-4-2)20-18-15-11-12-16-19-18/h11-12,15-17H,3-10,13-14H2,1-2H3,(H,19,20). The van der Waals surface area contributed by atoms with Crippen LogP contribution < -0.4 is 5.32 Å².